The van der Waals surface area contributed by atoms with Gasteiger partial charge in [0.25, 0.3) is 0 Å². The number of hydrogen-bond acceptors (Lipinski definition) is 5. The van der Waals surface area contributed by atoms with Gasteiger partial charge in [0, 0.05) is 57.9 Å². The van der Waals surface area contributed by atoms with Gasteiger partial charge in [-0.2, -0.15) is 0 Å². The Morgan fingerprint density at radius 3 is 1.95 bits per heavy atom. The Kier molecular flexibility index (Phi) is 6.81. The van der Waals surface area contributed by atoms with E-state index < -0.39 is 0 Å². The Morgan fingerprint density at radius 1 is 0.810 bits per heavy atom. The molecule has 2 heterocycles. The topological polar surface area (TPSA) is 21.8 Å². The van der Waals surface area contributed by atoms with Crippen LogP contribution in [0.25, 0.3) is 0 Å². The van der Waals surface area contributed by atoms with E-state index in [2.05, 4.69) is 66.4 Å². The summed E-state index contributed by atoms with van der Waals surface area (Å²) in [5.41, 5.74) is 0. The van der Waals surface area contributed by atoms with E-state index >= 15 is 0 Å². The van der Waals surface area contributed by atoms with Crippen molar-refractivity contribution >= 4 is 11.8 Å². The normalized spacial score (nSPS) is 28.4. The minimum absolute atomic E-state index is 0.583. The molecular formula is C16H34N4S. The molecule has 0 spiro atoms. The monoisotopic (exact) mass is 314 g/mol. The molecule has 0 saturated carbocycles. The van der Waals surface area contributed by atoms with Gasteiger partial charge in [-0.05, 0) is 34.6 Å². The fourth-order valence-electron chi connectivity index (χ4n) is 3.24. The molecule has 0 aliphatic carbocycles. The zero-order valence-corrected chi connectivity index (χ0v) is 15.3. The van der Waals surface area contributed by atoms with Crippen LogP contribution in [0, 0.1) is 0 Å². The number of nitrogens with zero attached hydrogens (tertiary/aromatic N) is 3. The number of hydrogen-bond donors (Lipinski definition) is 1. The average Bonchev–Trinajstić information content (AvgIpc) is 2.47. The lowest BCUT2D eigenvalue weighted by Gasteiger charge is -2.42. The van der Waals surface area contributed by atoms with Gasteiger partial charge in [-0.1, -0.05) is 0 Å². The van der Waals surface area contributed by atoms with Crippen LogP contribution in [0.2, 0.25) is 0 Å². The smallest absolute Gasteiger partial charge is 0.0677 e. The molecule has 2 atom stereocenters. The Balaban J connectivity index is 1.75. The third kappa shape index (κ3) is 5.10. The summed E-state index contributed by atoms with van der Waals surface area (Å²) in [6, 6.07) is 1.36. The highest BCUT2D eigenvalue weighted by molar-refractivity contribution is 8.00. The molecule has 124 valence electrons. The van der Waals surface area contributed by atoms with Gasteiger partial charge in [0.15, 0.2) is 0 Å². The van der Waals surface area contributed by atoms with Gasteiger partial charge < -0.3 is 5.32 Å². The number of nitrogens with one attached hydrogen (secondary N) is 1. The molecule has 2 aliphatic heterocycles. The summed E-state index contributed by atoms with van der Waals surface area (Å²) in [5, 5.41) is 4.88. The van der Waals surface area contributed by atoms with Crippen LogP contribution in [0.4, 0.5) is 0 Å². The van der Waals surface area contributed by atoms with Crippen molar-refractivity contribution in [3.05, 3.63) is 0 Å². The number of piperazine rings is 2. The van der Waals surface area contributed by atoms with Crippen molar-refractivity contribution in [1.29, 1.82) is 0 Å². The van der Waals surface area contributed by atoms with Crippen LogP contribution < -0.4 is 5.32 Å². The summed E-state index contributed by atoms with van der Waals surface area (Å²) in [5.74, 6) is 0. The van der Waals surface area contributed by atoms with Crippen LogP contribution in [0.15, 0.2) is 0 Å². The van der Waals surface area contributed by atoms with E-state index in [1.165, 1.54) is 39.3 Å². The molecule has 2 fully saturated rings. The molecule has 0 radical (unpaired) electrons. The molecule has 0 aromatic heterocycles. The van der Waals surface area contributed by atoms with E-state index in [4.69, 9.17) is 0 Å². The molecule has 0 bridgehead atoms. The van der Waals surface area contributed by atoms with Gasteiger partial charge in [0.05, 0.1) is 10.7 Å². The third-order valence-electron chi connectivity index (χ3n) is 4.86. The molecule has 0 aromatic rings. The van der Waals surface area contributed by atoms with Crippen LogP contribution in [0.3, 0.4) is 0 Å². The van der Waals surface area contributed by atoms with Gasteiger partial charge in [0.1, 0.15) is 0 Å². The van der Waals surface area contributed by atoms with Crippen LogP contribution in [-0.2, 0) is 0 Å². The van der Waals surface area contributed by atoms with Crippen molar-refractivity contribution in [3.8, 4) is 0 Å². The molecule has 2 saturated heterocycles. The highest BCUT2D eigenvalue weighted by atomic mass is 32.2. The van der Waals surface area contributed by atoms with Crippen molar-refractivity contribution < 1.29 is 0 Å². The van der Waals surface area contributed by atoms with Gasteiger partial charge in [-0.15, -0.1) is 11.8 Å². The average molecular weight is 315 g/mol. The first kappa shape index (κ1) is 17.5. The summed E-state index contributed by atoms with van der Waals surface area (Å²) in [6.45, 7) is 20.0. The van der Waals surface area contributed by atoms with E-state index in [9.17, 15) is 0 Å². The van der Waals surface area contributed by atoms with E-state index in [-0.39, 0.29) is 0 Å². The molecule has 0 aromatic carbocycles. The summed E-state index contributed by atoms with van der Waals surface area (Å²) >= 11 is 2.11. The molecule has 21 heavy (non-hydrogen) atoms. The van der Waals surface area contributed by atoms with Crippen molar-refractivity contribution in [3.63, 3.8) is 0 Å². The van der Waals surface area contributed by atoms with E-state index in [0.717, 1.165) is 6.54 Å². The molecule has 0 amide bonds. The summed E-state index contributed by atoms with van der Waals surface area (Å²) in [6.07, 6.45) is 0. The Hall–Kier alpha value is 0.190. The first-order valence-electron chi connectivity index (χ1n) is 8.58. The van der Waals surface area contributed by atoms with E-state index in [0.29, 0.717) is 22.8 Å². The number of rotatable bonds is 5. The van der Waals surface area contributed by atoms with Crippen molar-refractivity contribution in [1.82, 2.24) is 20.0 Å². The molecule has 4 nitrogen and oxygen atoms in total. The van der Waals surface area contributed by atoms with E-state index in [1.807, 2.05) is 0 Å². The predicted octanol–water partition coefficient (Wildman–Crippen LogP) is 1.73. The second kappa shape index (κ2) is 8.16. The fourth-order valence-corrected chi connectivity index (χ4v) is 4.59. The second-order valence-electron chi connectivity index (χ2n) is 6.93. The third-order valence-corrected chi connectivity index (χ3v) is 6.19. The molecule has 2 unspecified atom stereocenters. The molecule has 5 heteroatoms. The molecule has 2 aliphatic rings. The minimum atomic E-state index is 0.583. The lowest BCUT2D eigenvalue weighted by molar-refractivity contribution is 0.104. The maximum atomic E-state index is 3.69. The van der Waals surface area contributed by atoms with Crippen molar-refractivity contribution in [2.75, 3.05) is 45.8 Å². The first-order valence-corrected chi connectivity index (χ1v) is 9.52. The zero-order valence-electron chi connectivity index (χ0n) is 14.5. The highest BCUT2D eigenvalue weighted by Gasteiger charge is 2.27. The Labute approximate surface area is 135 Å². The standard InChI is InChI=1S/C16H34N4S/c1-13(2)18-8-10-19(11-9-18)15(5)21-16-12-20(14(3)4)7-6-17-16/h13-17H,6-12H2,1-5H3. The zero-order chi connectivity index (χ0) is 15.4. The summed E-state index contributed by atoms with van der Waals surface area (Å²) in [4.78, 5) is 7.84. The van der Waals surface area contributed by atoms with Crippen LogP contribution >= 0.6 is 11.8 Å². The maximum absolute atomic E-state index is 3.69. The van der Waals surface area contributed by atoms with Gasteiger partial charge in [-0.3, -0.25) is 14.7 Å². The maximum Gasteiger partial charge on any atom is 0.0677 e. The summed E-state index contributed by atoms with van der Waals surface area (Å²) < 4.78 is 0. The molecule has 2 rings (SSSR count). The lowest BCUT2D eigenvalue weighted by atomic mass is 10.2. The van der Waals surface area contributed by atoms with Gasteiger partial charge >= 0.3 is 0 Å². The Morgan fingerprint density at radius 2 is 1.38 bits per heavy atom. The van der Waals surface area contributed by atoms with Gasteiger partial charge in [-0.25, -0.2) is 0 Å². The van der Waals surface area contributed by atoms with Crippen LogP contribution in [0.5, 0.6) is 0 Å². The fraction of sp³-hybridized carbons (Fsp3) is 1.00. The highest BCUT2D eigenvalue weighted by Crippen LogP contribution is 2.23. The van der Waals surface area contributed by atoms with Crippen molar-refractivity contribution in [2.24, 2.45) is 0 Å². The summed E-state index contributed by atoms with van der Waals surface area (Å²) in [7, 11) is 0. The quantitative estimate of drug-likeness (QED) is 0.832. The second-order valence-corrected chi connectivity index (χ2v) is 8.46. The first-order chi connectivity index (χ1) is 9.97. The van der Waals surface area contributed by atoms with Gasteiger partial charge in [0.2, 0.25) is 0 Å². The van der Waals surface area contributed by atoms with Crippen LogP contribution in [-0.4, -0.2) is 83.3 Å². The Bertz CT molecular complexity index is 303. The SMILES string of the molecule is CC(C)N1CCN(C(C)SC2CN(C(C)C)CCN2)CC1. The molecular weight excluding hydrogens is 280 g/mol. The predicted molar refractivity (Wildman–Crippen MR) is 93.8 cm³/mol. The largest absolute Gasteiger partial charge is 0.303 e. The lowest BCUT2D eigenvalue weighted by Crippen LogP contribution is -2.54. The van der Waals surface area contributed by atoms with Crippen LogP contribution in [0.1, 0.15) is 34.6 Å². The molecule has 1 N–H and O–H groups in total. The minimum Gasteiger partial charge on any atom is -0.303 e. The number of thioether (sulfide) groups is 1. The van der Waals surface area contributed by atoms with E-state index in [1.54, 1.807) is 0 Å². The van der Waals surface area contributed by atoms with Crippen molar-refractivity contribution in [2.45, 2.75) is 57.5 Å².